The topological polar surface area (TPSA) is 41.3 Å². The zero-order chi connectivity index (χ0) is 9.80. The van der Waals surface area contributed by atoms with E-state index in [1.807, 2.05) is 0 Å². The lowest BCUT2D eigenvalue weighted by atomic mass is 9.90. The van der Waals surface area contributed by atoms with Crippen molar-refractivity contribution < 1.29 is 0 Å². The monoisotopic (exact) mass is 197 g/mol. The van der Waals surface area contributed by atoms with Crippen LogP contribution < -0.4 is 11.1 Å². The first-order valence-electron chi connectivity index (χ1n) is 6.06. The molecule has 2 fully saturated rings. The lowest BCUT2D eigenvalue weighted by molar-refractivity contribution is 0.156. The first-order valence-corrected chi connectivity index (χ1v) is 6.06. The van der Waals surface area contributed by atoms with Gasteiger partial charge in [0.1, 0.15) is 0 Å². The molecule has 3 N–H and O–H groups in total. The molecule has 3 nitrogen and oxygen atoms in total. The summed E-state index contributed by atoms with van der Waals surface area (Å²) in [5.41, 5.74) is 6.03. The molecule has 2 atom stereocenters. The van der Waals surface area contributed by atoms with Gasteiger partial charge in [-0.05, 0) is 38.8 Å². The Labute approximate surface area is 87.0 Å². The van der Waals surface area contributed by atoms with Crippen LogP contribution in [0.15, 0.2) is 0 Å². The minimum absolute atomic E-state index is 0.463. The molecule has 0 radical (unpaired) electrons. The minimum Gasteiger partial charge on any atom is -0.328 e. The van der Waals surface area contributed by atoms with Crippen molar-refractivity contribution in [3.8, 4) is 0 Å². The second kappa shape index (κ2) is 5.10. The van der Waals surface area contributed by atoms with E-state index in [2.05, 4.69) is 10.2 Å². The molecule has 1 aliphatic carbocycles. The standard InChI is InChI=1S/C11H23N3/c12-10-3-1-4-11(9-10)14-7-2-5-13-6-8-14/h10-11,13H,1-9,12H2. The fourth-order valence-corrected chi connectivity index (χ4v) is 2.76. The Hall–Kier alpha value is -0.120. The van der Waals surface area contributed by atoms with Gasteiger partial charge in [-0.15, -0.1) is 0 Å². The van der Waals surface area contributed by atoms with Gasteiger partial charge in [-0.2, -0.15) is 0 Å². The van der Waals surface area contributed by atoms with Crippen LogP contribution in [0, 0.1) is 0 Å². The summed E-state index contributed by atoms with van der Waals surface area (Å²) in [5, 5.41) is 3.45. The Morgan fingerprint density at radius 2 is 2.00 bits per heavy atom. The molecule has 1 heterocycles. The Balaban J connectivity index is 1.85. The number of rotatable bonds is 1. The lowest BCUT2D eigenvalue weighted by Gasteiger charge is -2.35. The molecule has 0 spiro atoms. The highest BCUT2D eigenvalue weighted by Gasteiger charge is 2.24. The van der Waals surface area contributed by atoms with Crippen molar-refractivity contribution in [3.05, 3.63) is 0 Å². The predicted octanol–water partition coefficient (Wildman–Crippen LogP) is 0.552. The van der Waals surface area contributed by atoms with E-state index in [1.54, 1.807) is 0 Å². The number of hydrogen-bond acceptors (Lipinski definition) is 3. The molecule has 1 aliphatic heterocycles. The number of nitrogens with one attached hydrogen (secondary N) is 1. The fraction of sp³-hybridized carbons (Fsp3) is 1.00. The third kappa shape index (κ3) is 2.69. The molecule has 2 aliphatic rings. The second-order valence-electron chi connectivity index (χ2n) is 4.72. The summed E-state index contributed by atoms with van der Waals surface area (Å²) in [5.74, 6) is 0. The lowest BCUT2D eigenvalue weighted by Crippen LogP contribution is -2.43. The van der Waals surface area contributed by atoms with Crippen molar-refractivity contribution >= 4 is 0 Å². The Bertz CT molecular complexity index is 164. The average Bonchev–Trinajstić information content (AvgIpc) is 2.45. The van der Waals surface area contributed by atoms with Crippen molar-refractivity contribution in [2.24, 2.45) is 5.73 Å². The molecule has 1 saturated carbocycles. The molecular weight excluding hydrogens is 174 g/mol. The summed E-state index contributed by atoms with van der Waals surface area (Å²) in [6.07, 6.45) is 6.46. The third-order valence-corrected chi connectivity index (χ3v) is 3.58. The number of nitrogens with two attached hydrogens (primary N) is 1. The first-order chi connectivity index (χ1) is 6.86. The van der Waals surface area contributed by atoms with Gasteiger partial charge in [-0.1, -0.05) is 6.42 Å². The zero-order valence-electron chi connectivity index (χ0n) is 9.04. The Morgan fingerprint density at radius 3 is 2.86 bits per heavy atom. The largest absolute Gasteiger partial charge is 0.328 e. The van der Waals surface area contributed by atoms with Gasteiger partial charge in [0.05, 0.1) is 0 Å². The summed E-state index contributed by atoms with van der Waals surface area (Å²) < 4.78 is 0. The summed E-state index contributed by atoms with van der Waals surface area (Å²) in [6.45, 7) is 4.84. The number of hydrogen-bond donors (Lipinski definition) is 2. The smallest absolute Gasteiger partial charge is 0.0110 e. The van der Waals surface area contributed by atoms with E-state index in [0.29, 0.717) is 6.04 Å². The third-order valence-electron chi connectivity index (χ3n) is 3.58. The quantitative estimate of drug-likeness (QED) is 0.645. The van der Waals surface area contributed by atoms with Crippen LogP contribution in [0.25, 0.3) is 0 Å². The highest BCUT2D eigenvalue weighted by Crippen LogP contribution is 2.22. The van der Waals surface area contributed by atoms with Gasteiger partial charge < -0.3 is 11.1 Å². The molecule has 82 valence electrons. The first kappa shape index (κ1) is 10.4. The molecule has 1 saturated heterocycles. The van der Waals surface area contributed by atoms with Crippen molar-refractivity contribution in [3.63, 3.8) is 0 Å². The molecule has 2 unspecified atom stereocenters. The van der Waals surface area contributed by atoms with Crippen LogP contribution in [0.3, 0.4) is 0 Å². The van der Waals surface area contributed by atoms with Crippen LogP contribution in [0.5, 0.6) is 0 Å². The van der Waals surface area contributed by atoms with E-state index in [-0.39, 0.29) is 0 Å². The molecule has 0 aromatic heterocycles. The normalized spacial score (nSPS) is 36.6. The van der Waals surface area contributed by atoms with Gasteiger partial charge in [-0.3, -0.25) is 4.90 Å². The predicted molar refractivity (Wildman–Crippen MR) is 59.3 cm³/mol. The SMILES string of the molecule is NC1CCCC(N2CCCNCC2)C1. The van der Waals surface area contributed by atoms with Crippen LogP contribution in [-0.2, 0) is 0 Å². The van der Waals surface area contributed by atoms with Crippen LogP contribution in [-0.4, -0.2) is 43.2 Å². The highest BCUT2D eigenvalue weighted by molar-refractivity contribution is 4.83. The average molecular weight is 197 g/mol. The molecule has 0 amide bonds. The molecule has 0 aromatic rings. The van der Waals surface area contributed by atoms with E-state index in [1.165, 1.54) is 51.7 Å². The van der Waals surface area contributed by atoms with Gasteiger partial charge >= 0.3 is 0 Å². The highest BCUT2D eigenvalue weighted by atomic mass is 15.2. The maximum absolute atomic E-state index is 6.03. The van der Waals surface area contributed by atoms with Crippen LogP contribution in [0.1, 0.15) is 32.1 Å². The summed E-state index contributed by atoms with van der Waals surface area (Å²) in [6, 6.07) is 1.24. The van der Waals surface area contributed by atoms with Crippen molar-refractivity contribution in [1.29, 1.82) is 0 Å². The van der Waals surface area contributed by atoms with Gasteiger partial charge in [0.15, 0.2) is 0 Å². The Kier molecular flexibility index (Phi) is 3.79. The molecule has 14 heavy (non-hydrogen) atoms. The molecule has 3 heteroatoms. The van der Waals surface area contributed by atoms with E-state index < -0.39 is 0 Å². The van der Waals surface area contributed by atoms with E-state index in [0.717, 1.165) is 12.6 Å². The van der Waals surface area contributed by atoms with Gasteiger partial charge in [-0.25, -0.2) is 0 Å². The maximum Gasteiger partial charge on any atom is 0.0110 e. The van der Waals surface area contributed by atoms with Gasteiger partial charge in [0.25, 0.3) is 0 Å². The van der Waals surface area contributed by atoms with Gasteiger partial charge in [0.2, 0.25) is 0 Å². The number of nitrogens with zero attached hydrogens (tertiary/aromatic N) is 1. The van der Waals surface area contributed by atoms with E-state index in [4.69, 9.17) is 5.73 Å². The van der Waals surface area contributed by atoms with E-state index >= 15 is 0 Å². The van der Waals surface area contributed by atoms with Crippen molar-refractivity contribution in [2.75, 3.05) is 26.2 Å². The summed E-state index contributed by atoms with van der Waals surface area (Å²) in [7, 11) is 0. The maximum atomic E-state index is 6.03. The molecule has 0 bridgehead atoms. The zero-order valence-corrected chi connectivity index (χ0v) is 9.04. The second-order valence-corrected chi connectivity index (χ2v) is 4.72. The minimum atomic E-state index is 0.463. The molecular formula is C11H23N3. The van der Waals surface area contributed by atoms with Crippen LogP contribution in [0.4, 0.5) is 0 Å². The van der Waals surface area contributed by atoms with Crippen LogP contribution >= 0.6 is 0 Å². The van der Waals surface area contributed by atoms with E-state index in [9.17, 15) is 0 Å². The molecule has 0 aromatic carbocycles. The van der Waals surface area contributed by atoms with Crippen molar-refractivity contribution in [2.45, 2.75) is 44.2 Å². The summed E-state index contributed by atoms with van der Waals surface area (Å²) >= 11 is 0. The summed E-state index contributed by atoms with van der Waals surface area (Å²) in [4.78, 5) is 2.65. The fourth-order valence-electron chi connectivity index (χ4n) is 2.76. The van der Waals surface area contributed by atoms with Crippen molar-refractivity contribution in [1.82, 2.24) is 10.2 Å². The van der Waals surface area contributed by atoms with Gasteiger partial charge in [0, 0.05) is 25.2 Å². The van der Waals surface area contributed by atoms with Crippen LogP contribution in [0.2, 0.25) is 0 Å². The molecule has 2 rings (SSSR count). The Morgan fingerprint density at radius 1 is 1.07 bits per heavy atom.